The predicted molar refractivity (Wildman–Crippen MR) is 94.6 cm³/mol. The highest BCUT2D eigenvalue weighted by Gasteiger charge is 2.19. The van der Waals surface area contributed by atoms with E-state index in [-0.39, 0.29) is 5.91 Å². The molecule has 0 saturated carbocycles. The average Bonchev–Trinajstić information content (AvgIpc) is 2.98. The van der Waals surface area contributed by atoms with Crippen LogP contribution in [-0.4, -0.2) is 19.0 Å². The van der Waals surface area contributed by atoms with Crippen molar-refractivity contribution in [2.24, 2.45) is 5.73 Å². The maximum atomic E-state index is 12.0. The molecule has 0 atom stereocenters. The number of fused-ring (bicyclic) bond motifs is 1. The molecule has 120 valence electrons. The van der Waals surface area contributed by atoms with Gasteiger partial charge in [-0.25, -0.2) is 0 Å². The van der Waals surface area contributed by atoms with Crippen LogP contribution in [0.5, 0.6) is 0 Å². The van der Waals surface area contributed by atoms with Gasteiger partial charge < -0.3 is 16.0 Å². The van der Waals surface area contributed by atoms with Crippen LogP contribution in [-0.2, 0) is 17.8 Å². The number of hydrogen-bond acceptors (Lipinski definition) is 3. The number of nitrogens with two attached hydrogens (primary N) is 1. The number of hydrogen-bond donors (Lipinski definition) is 2. The number of rotatable bonds is 6. The van der Waals surface area contributed by atoms with Gasteiger partial charge in [-0.3, -0.25) is 4.79 Å². The third kappa shape index (κ3) is 3.71. The summed E-state index contributed by atoms with van der Waals surface area (Å²) in [5.74, 6) is 0.0322. The van der Waals surface area contributed by atoms with E-state index >= 15 is 0 Å². The van der Waals surface area contributed by atoms with Gasteiger partial charge in [-0.2, -0.15) is 0 Å². The minimum Gasteiger partial charge on any atom is -0.367 e. The molecule has 3 N–H and O–H groups in total. The van der Waals surface area contributed by atoms with E-state index < -0.39 is 0 Å². The highest BCUT2D eigenvalue weighted by molar-refractivity contribution is 5.91. The number of carbonyl (C=O) groups excluding carboxylic acids is 1. The third-order valence-corrected chi connectivity index (χ3v) is 4.24. The molecule has 2 aromatic carbocycles. The summed E-state index contributed by atoms with van der Waals surface area (Å²) < 4.78 is 0. The Hall–Kier alpha value is -2.33. The van der Waals surface area contributed by atoms with Crippen LogP contribution in [0.3, 0.4) is 0 Å². The molecular formula is C19H23N3O. The Morgan fingerprint density at radius 3 is 2.78 bits per heavy atom. The lowest BCUT2D eigenvalue weighted by molar-refractivity contribution is -0.116. The van der Waals surface area contributed by atoms with Gasteiger partial charge >= 0.3 is 0 Å². The summed E-state index contributed by atoms with van der Waals surface area (Å²) in [6.07, 6.45) is 2.27. The largest absolute Gasteiger partial charge is 0.367 e. The molecule has 1 heterocycles. The maximum absolute atomic E-state index is 12.0. The van der Waals surface area contributed by atoms with Crippen molar-refractivity contribution in [2.45, 2.75) is 25.8 Å². The van der Waals surface area contributed by atoms with E-state index in [4.69, 9.17) is 5.73 Å². The lowest BCUT2D eigenvalue weighted by atomic mass is 10.1. The van der Waals surface area contributed by atoms with E-state index in [9.17, 15) is 4.79 Å². The minimum atomic E-state index is 0.0322. The first-order chi connectivity index (χ1) is 11.3. The standard InChI is InChI=1S/C19H23N3O/c20-12-5-10-19(23)21-17-8-3-1-7-16(17)14-22-13-11-15-6-2-4-9-18(15)22/h1-4,6-9H,5,10-14,20H2,(H,21,23). The highest BCUT2D eigenvalue weighted by atomic mass is 16.1. The Morgan fingerprint density at radius 1 is 1.13 bits per heavy atom. The monoisotopic (exact) mass is 309 g/mol. The SMILES string of the molecule is NCCCC(=O)Nc1ccccc1CN1CCc2ccccc21. The second-order valence-electron chi connectivity index (χ2n) is 5.90. The Morgan fingerprint density at radius 2 is 1.91 bits per heavy atom. The lowest BCUT2D eigenvalue weighted by Gasteiger charge is -2.21. The fourth-order valence-electron chi connectivity index (χ4n) is 3.03. The van der Waals surface area contributed by atoms with Crippen molar-refractivity contribution in [1.29, 1.82) is 0 Å². The normalized spacial score (nSPS) is 13.0. The van der Waals surface area contributed by atoms with Crippen LogP contribution in [0, 0.1) is 0 Å². The van der Waals surface area contributed by atoms with Crippen LogP contribution >= 0.6 is 0 Å². The first-order valence-corrected chi connectivity index (χ1v) is 8.18. The zero-order valence-corrected chi connectivity index (χ0v) is 13.3. The smallest absolute Gasteiger partial charge is 0.224 e. The van der Waals surface area contributed by atoms with Crippen molar-refractivity contribution in [2.75, 3.05) is 23.3 Å². The van der Waals surface area contributed by atoms with E-state index in [0.29, 0.717) is 19.4 Å². The van der Waals surface area contributed by atoms with Crippen molar-refractivity contribution < 1.29 is 4.79 Å². The molecule has 1 amide bonds. The molecule has 0 spiro atoms. The van der Waals surface area contributed by atoms with Crippen molar-refractivity contribution in [3.8, 4) is 0 Å². The first-order valence-electron chi connectivity index (χ1n) is 8.18. The molecule has 2 aromatic rings. The van der Waals surface area contributed by atoms with Crippen LogP contribution in [0.15, 0.2) is 48.5 Å². The van der Waals surface area contributed by atoms with Crippen molar-refractivity contribution in [1.82, 2.24) is 0 Å². The highest BCUT2D eigenvalue weighted by Crippen LogP contribution is 2.30. The molecule has 0 fully saturated rings. The summed E-state index contributed by atoms with van der Waals surface area (Å²) in [4.78, 5) is 14.4. The fraction of sp³-hybridized carbons (Fsp3) is 0.316. The van der Waals surface area contributed by atoms with Gasteiger partial charge in [-0.05, 0) is 42.6 Å². The van der Waals surface area contributed by atoms with E-state index in [1.807, 2.05) is 18.2 Å². The van der Waals surface area contributed by atoms with E-state index in [1.165, 1.54) is 11.3 Å². The van der Waals surface area contributed by atoms with Crippen LogP contribution < -0.4 is 16.0 Å². The summed E-state index contributed by atoms with van der Waals surface area (Å²) in [5, 5.41) is 3.02. The molecule has 0 unspecified atom stereocenters. The molecule has 23 heavy (non-hydrogen) atoms. The summed E-state index contributed by atoms with van der Waals surface area (Å²) in [7, 11) is 0. The number of anilines is 2. The van der Waals surface area contributed by atoms with Gasteiger partial charge in [-0.15, -0.1) is 0 Å². The Kier molecular flexibility index (Phi) is 4.93. The average molecular weight is 309 g/mol. The molecule has 0 aliphatic carbocycles. The molecule has 4 heteroatoms. The molecule has 0 saturated heterocycles. The number of carbonyl (C=O) groups is 1. The van der Waals surface area contributed by atoms with Crippen LogP contribution in [0.1, 0.15) is 24.0 Å². The van der Waals surface area contributed by atoms with Gasteiger partial charge in [0.05, 0.1) is 0 Å². The van der Waals surface area contributed by atoms with Gasteiger partial charge in [-0.1, -0.05) is 36.4 Å². The summed E-state index contributed by atoms with van der Waals surface area (Å²) in [6.45, 7) is 2.37. The number of nitrogens with one attached hydrogen (secondary N) is 1. The van der Waals surface area contributed by atoms with Gasteiger partial charge in [0, 0.05) is 30.9 Å². The summed E-state index contributed by atoms with van der Waals surface area (Å²) >= 11 is 0. The lowest BCUT2D eigenvalue weighted by Crippen LogP contribution is -2.21. The minimum absolute atomic E-state index is 0.0322. The second kappa shape index (κ2) is 7.29. The quantitative estimate of drug-likeness (QED) is 0.862. The third-order valence-electron chi connectivity index (χ3n) is 4.24. The van der Waals surface area contributed by atoms with Crippen molar-refractivity contribution in [3.05, 3.63) is 59.7 Å². The summed E-state index contributed by atoms with van der Waals surface area (Å²) in [6, 6.07) is 16.6. The van der Waals surface area contributed by atoms with Crippen LogP contribution in [0.4, 0.5) is 11.4 Å². The Bertz CT molecular complexity index is 684. The Labute approximate surface area is 137 Å². The topological polar surface area (TPSA) is 58.4 Å². The maximum Gasteiger partial charge on any atom is 0.224 e. The molecule has 0 radical (unpaired) electrons. The second-order valence-corrected chi connectivity index (χ2v) is 5.90. The van der Waals surface area contributed by atoms with Gasteiger partial charge in [0.15, 0.2) is 0 Å². The van der Waals surface area contributed by atoms with Crippen LogP contribution in [0.2, 0.25) is 0 Å². The van der Waals surface area contributed by atoms with E-state index in [1.54, 1.807) is 0 Å². The number of para-hydroxylation sites is 2. The van der Waals surface area contributed by atoms with Crippen molar-refractivity contribution >= 4 is 17.3 Å². The molecule has 1 aliphatic rings. The molecule has 4 nitrogen and oxygen atoms in total. The number of amides is 1. The molecular weight excluding hydrogens is 286 g/mol. The van der Waals surface area contributed by atoms with E-state index in [2.05, 4.69) is 40.5 Å². The zero-order valence-electron chi connectivity index (χ0n) is 13.3. The van der Waals surface area contributed by atoms with E-state index in [0.717, 1.165) is 30.8 Å². The van der Waals surface area contributed by atoms with Gasteiger partial charge in [0.2, 0.25) is 5.91 Å². The molecule has 3 rings (SSSR count). The van der Waals surface area contributed by atoms with Gasteiger partial charge in [0.25, 0.3) is 0 Å². The Balaban J connectivity index is 1.73. The summed E-state index contributed by atoms with van der Waals surface area (Å²) in [5.41, 5.74) is 10.2. The zero-order chi connectivity index (χ0) is 16.1. The predicted octanol–water partition coefficient (Wildman–Crippen LogP) is 2.93. The van der Waals surface area contributed by atoms with Crippen LogP contribution in [0.25, 0.3) is 0 Å². The molecule has 0 bridgehead atoms. The first kappa shape index (κ1) is 15.6. The number of benzene rings is 2. The molecule has 1 aliphatic heterocycles. The van der Waals surface area contributed by atoms with Crippen molar-refractivity contribution in [3.63, 3.8) is 0 Å². The number of nitrogens with zero attached hydrogens (tertiary/aromatic N) is 1. The van der Waals surface area contributed by atoms with Gasteiger partial charge in [0.1, 0.15) is 0 Å². The fourth-order valence-corrected chi connectivity index (χ4v) is 3.03. The molecule has 0 aromatic heterocycles.